The van der Waals surface area contributed by atoms with Crippen molar-refractivity contribution in [3.63, 3.8) is 0 Å². The molecule has 1 aromatic carbocycles. The number of carbonyl (C=O) groups is 1. The van der Waals surface area contributed by atoms with Gasteiger partial charge >= 0.3 is 0 Å². The van der Waals surface area contributed by atoms with Crippen molar-refractivity contribution in [2.75, 3.05) is 31.6 Å². The zero-order chi connectivity index (χ0) is 13.5. The van der Waals surface area contributed by atoms with Crippen LogP contribution in [-0.2, 0) is 0 Å². The van der Waals surface area contributed by atoms with Crippen molar-refractivity contribution in [1.82, 2.24) is 5.32 Å². The number of unbranched alkanes of at least 4 members (excludes halogenated alkanes) is 2. The summed E-state index contributed by atoms with van der Waals surface area (Å²) < 4.78 is 5.56. The third kappa shape index (κ3) is 3.61. The topological polar surface area (TPSA) is 70.6 Å². The van der Waals surface area contributed by atoms with Crippen LogP contribution in [0.1, 0.15) is 29.6 Å². The highest BCUT2D eigenvalue weighted by molar-refractivity contribution is 5.98. The van der Waals surface area contributed by atoms with Crippen LogP contribution in [0.3, 0.4) is 0 Å². The standard InChI is InChI=1S/C14H20N2O3/c17-9-3-1-2-7-16-14(18)11-5-4-6-12-13(11)19-10-8-15-12/h4-6,15,17H,1-3,7-10H2,(H,16,18). The van der Waals surface area contributed by atoms with Crippen molar-refractivity contribution in [3.8, 4) is 5.75 Å². The predicted molar refractivity (Wildman–Crippen MR) is 73.7 cm³/mol. The van der Waals surface area contributed by atoms with E-state index in [0.29, 0.717) is 24.5 Å². The van der Waals surface area contributed by atoms with E-state index in [1.807, 2.05) is 12.1 Å². The first-order valence-corrected chi connectivity index (χ1v) is 6.71. The fraction of sp³-hybridized carbons (Fsp3) is 0.500. The van der Waals surface area contributed by atoms with Gasteiger partial charge in [-0.3, -0.25) is 4.79 Å². The number of aliphatic hydroxyl groups excluding tert-OH is 1. The number of ether oxygens (including phenoxy) is 1. The molecule has 0 fully saturated rings. The second-order valence-corrected chi connectivity index (χ2v) is 4.50. The largest absolute Gasteiger partial charge is 0.489 e. The van der Waals surface area contributed by atoms with Crippen LogP contribution in [0.15, 0.2) is 18.2 Å². The number of hydrogen-bond donors (Lipinski definition) is 3. The van der Waals surface area contributed by atoms with Crippen molar-refractivity contribution in [1.29, 1.82) is 0 Å². The van der Waals surface area contributed by atoms with Crippen molar-refractivity contribution in [3.05, 3.63) is 23.8 Å². The first kappa shape index (κ1) is 13.7. The molecule has 1 amide bonds. The Morgan fingerprint density at radius 1 is 1.37 bits per heavy atom. The zero-order valence-corrected chi connectivity index (χ0v) is 10.9. The maximum atomic E-state index is 12.1. The van der Waals surface area contributed by atoms with E-state index in [-0.39, 0.29) is 12.5 Å². The molecule has 19 heavy (non-hydrogen) atoms. The van der Waals surface area contributed by atoms with Crippen LogP contribution in [-0.4, -0.2) is 37.3 Å². The van der Waals surface area contributed by atoms with Crippen molar-refractivity contribution >= 4 is 11.6 Å². The lowest BCUT2D eigenvalue weighted by molar-refractivity contribution is 0.0948. The highest BCUT2D eigenvalue weighted by atomic mass is 16.5. The molecule has 1 aliphatic rings. The molecular formula is C14H20N2O3. The third-order valence-corrected chi connectivity index (χ3v) is 3.04. The minimum Gasteiger partial charge on any atom is -0.489 e. The molecule has 1 heterocycles. The summed E-state index contributed by atoms with van der Waals surface area (Å²) in [5.41, 5.74) is 1.45. The van der Waals surface area contributed by atoms with E-state index < -0.39 is 0 Å². The molecule has 0 saturated heterocycles. The van der Waals surface area contributed by atoms with E-state index in [1.54, 1.807) is 6.07 Å². The van der Waals surface area contributed by atoms with Crippen molar-refractivity contribution < 1.29 is 14.6 Å². The van der Waals surface area contributed by atoms with E-state index in [0.717, 1.165) is 31.5 Å². The monoisotopic (exact) mass is 264 g/mol. The molecule has 0 aliphatic carbocycles. The zero-order valence-electron chi connectivity index (χ0n) is 10.9. The number of carbonyl (C=O) groups excluding carboxylic acids is 1. The average Bonchev–Trinajstić information content (AvgIpc) is 2.46. The minimum atomic E-state index is -0.107. The Balaban J connectivity index is 1.92. The fourth-order valence-electron chi connectivity index (χ4n) is 2.06. The van der Waals surface area contributed by atoms with E-state index in [9.17, 15) is 4.79 Å². The number of anilines is 1. The number of fused-ring (bicyclic) bond motifs is 1. The third-order valence-electron chi connectivity index (χ3n) is 3.04. The van der Waals surface area contributed by atoms with Crippen LogP contribution in [0.5, 0.6) is 5.75 Å². The summed E-state index contributed by atoms with van der Waals surface area (Å²) in [6.07, 6.45) is 2.58. The number of benzene rings is 1. The predicted octanol–water partition coefficient (Wildman–Crippen LogP) is 1.38. The van der Waals surface area contributed by atoms with Gasteiger partial charge in [0.2, 0.25) is 0 Å². The number of amides is 1. The minimum absolute atomic E-state index is 0.107. The molecule has 5 heteroatoms. The number of rotatable bonds is 6. The van der Waals surface area contributed by atoms with Crippen LogP contribution in [0.4, 0.5) is 5.69 Å². The summed E-state index contributed by atoms with van der Waals surface area (Å²) in [5, 5.41) is 14.8. The summed E-state index contributed by atoms with van der Waals surface area (Å²) in [7, 11) is 0. The smallest absolute Gasteiger partial charge is 0.255 e. The van der Waals surface area contributed by atoms with Crippen LogP contribution >= 0.6 is 0 Å². The Labute approximate surface area is 113 Å². The molecule has 0 saturated carbocycles. The lowest BCUT2D eigenvalue weighted by Gasteiger charge is -2.21. The first-order valence-electron chi connectivity index (χ1n) is 6.71. The molecule has 0 unspecified atom stereocenters. The second kappa shape index (κ2) is 6.99. The van der Waals surface area contributed by atoms with Crippen LogP contribution in [0, 0.1) is 0 Å². The molecule has 3 N–H and O–H groups in total. The lowest BCUT2D eigenvalue weighted by atomic mass is 10.1. The Kier molecular flexibility index (Phi) is 5.03. The van der Waals surface area contributed by atoms with Crippen LogP contribution in [0.25, 0.3) is 0 Å². The molecule has 1 aliphatic heterocycles. The Morgan fingerprint density at radius 2 is 2.26 bits per heavy atom. The molecule has 1 aromatic rings. The second-order valence-electron chi connectivity index (χ2n) is 4.50. The van der Waals surface area contributed by atoms with Gasteiger partial charge in [0, 0.05) is 19.7 Å². The lowest BCUT2D eigenvalue weighted by Crippen LogP contribution is -2.27. The molecular weight excluding hydrogens is 244 g/mol. The average molecular weight is 264 g/mol. The Hall–Kier alpha value is -1.75. The maximum Gasteiger partial charge on any atom is 0.255 e. The van der Waals surface area contributed by atoms with E-state index in [4.69, 9.17) is 9.84 Å². The van der Waals surface area contributed by atoms with Gasteiger partial charge in [-0.1, -0.05) is 6.07 Å². The van der Waals surface area contributed by atoms with Gasteiger partial charge in [-0.05, 0) is 31.4 Å². The van der Waals surface area contributed by atoms with Gasteiger partial charge in [0.05, 0.1) is 11.3 Å². The van der Waals surface area contributed by atoms with Crippen molar-refractivity contribution in [2.45, 2.75) is 19.3 Å². The summed E-state index contributed by atoms with van der Waals surface area (Å²) in [6.45, 7) is 2.17. The van der Waals surface area contributed by atoms with Gasteiger partial charge in [0.25, 0.3) is 5.91 Å². The molecule has 104 valence electrons. The van der Waals surface area contributed by atoms with Crippen LogP contribution in [0.2, 0.25) is 0 Å². The van der Waals surface area contributed by atoms with E-state index >= 15 is 0 Å². The van der Waals surface area contributed by atoms with Gasteiger partial charge in [-0.2, -0.15) is 0 Å². The molecule has 2 rings (SSSR count). The molecule has 0 radical (unpaired) electrons. The normalized spacial score (nSPS) is 13.1. The van der Waals surface area contributed by atoms with Gasteiger partial charge < -0.3 is 20.5 Å². The molecule has 0 spiro atoms. The highest BCUT2D eigenvalue weighted by Gasteiger charge is 2.18. The van der Waals surface area contributed by atoms with E-state index in [2.05, 4.69) is 10.6 Å². The number of hydrogen-bond acceptors (Lipinski definition) is 4. The summed E-state index contributed by atoms with van der Waals surface area (Å²) in [6, 6.07) is 5.53. The molecule has 0 bridgehead atoms. The van der Waals surface area contributed by atoms with Gasteiger partial charge in [0.15, 0.2) is 5.75 Å². The Morgan fingerprint density at radius 3 is 3.11 bits per heavy atom. The van der Waals surface area contributed by atoms with E-state index in [1.165, 1.54) is 0 Å². The number of para-hydroxylation sites is 1. The molecule has 0 aromatic heterocycles. The summed E-state index contributed by atoms with van der Waals surface area (Å²) >= 11 is 0. The number of aliphatic hydroxyl groups is 1. The summed E-state index contributed by atoms with van der Waals surface area (Å²) in [4.78, 5) is 12.1. The number of nitrogens with one attached hydrogen (secondary N) is 2. The van der Waals surface area contributed by atoms with Crippen LogP contribution < -0.4 is 15.4 Å². The van der Waals surface area contributed by atoms with Gasteiger partial charge in [-0.15, -0.1) is 0 Å². The molecule has 0 atom stereocenters. The fourth-order valence-corrected chi connectivity index (χ4v) is 2.06. The maximum absolute atomic E-state index is 12.1. The van der Waals surface area contributed by atoms with Crippen molar-refractivity contribution in [2.24, 2.45) is 0 Å². The quantitative estimate of drug-likeness (QED) is 0.679. The molecule has 5 nitrogen and oxygen atoms in total. The SMILES string of the molecule is O=C(NCCCCCO)c1cccc2c1OCCN2. The Bertz CT molecular complexity index is 435. The first-order chi connectivity index (χ1) is 9.33. The van der Waals surface area contributed by atoms with Gasteiger partial charge in [-0.25, -0.2) is 0 Å². The van der Waals surface area contributed by atoms with Gasteiger partial charge in [0.1, 0.15) is 6.61 Å². The highest BCUT2D eigenvalue weighted by Crippen LogP contribution is 2.30. The summed E-state index contributed by atoms with van der Waals surface area (Å²) in [5.74, 6) is 0.533.